The van der Waals surface area contributed by atoms with Gasteiger partial charge < -0.3 is 19.5 Å². The largest absolute Gasteiger partial charge is 0.491 e. The van der Waals surface area contributed by atoms with Crippen LogP contribution in [0.3, 0.4) is 0 Å². The average Bonchev–Trinajstić information content (AvgIpc) is 2.46. The van der Waals surface area contributed by atoms with Crippen LogP contribution in [0.1, 0.15) is 32.4 Å². The Morgan fingerprint density at radius 3 is 2.75 bits per heavy atom. The summed E-state index contributed by atoms with van der Waals surface area (Å²) in [7, 11) is 0. The van der Waals surface area contributed by atoms with Gasteiger partial charge in [-0.05, 0) is 26.5 Å². The lowest BCUT2D eigenvalue weighted by Gasteiger charge is -2.32. The second-order valence-corrected chi connectivity index (χ2v) is 5.22. The van der Waals surface area contributed by atoms with Crippen LogP contribution in [0.25, 0.3) is 0 Å². The van der Waals surface area contributed by atoms with Gasteiger partial charge in [0.15, 0.2) is 0 Å². The third kappa shape index (κ3) is 3.95. The standard InChI is InChI=1S/C16H25NO3/c1-4-17-16(15-11-18-9-10-19-15)13-7-5-6-8-14(13)20-12(2)3/h5-8,12,15-17H,4,9-11H2,1-3H3. The maximum absolute atomic E-state index is 5.93. The molecule has 0 bridgehead atoms. The summed E-state index contributed by atoms with van der Waals surface area (Å²) in [5.74, 6) is 0.919. The molecule has 0 aromatic heterocycles. The number of hydrogen-bond acceptors (Lipinski definition) is 4. The number of rotatable bonds is 6. The van der Waals surface area contributed by atoms with Gasteiger partial charge in [-0.3, -0.25) is 0 Å². The Morgan fingerprint density at radius 1 is 1.30 bits per heavy atom. The smallest absolute Gasteiger partial charge is 0.124 e. The summed E-state index contributed by atoms with van der Waals surface area (Å²) >= 11 is 0. The van der Waals surface area contributed by atoms with E-state index in [0.717, 1.165) is 17.9 Å². The zero-order valence-electron chi connectivity index (χ0n) is 12.6. The fraction of sp³-hybridized carbons (Fsp3) is 0.625. The molecular weight excluding hydrogens is 254 g/mol. The minimum Gasteiger partial charge on any atom is -0.491 e. The number of ether oxygens (including phenoxy) is 3. The number of hydrogen-bond donors (Lipinski definition) is 1. The molecule has 1 saturated heterocycles. The number of likely N-dealkylation sites (N-methyl/N-ethyl adjacent to an activating group) is 1. The zero-order chi connectivity index (χ0) is 14.4. The van der Waals surface area contributed by atoms with E-state index in [0.29, 0.717) is 19.8 Å². The van der Waals surface area contributed by atoms with E-state index in [1.54, 1.807) is 0 Å². The van der Waals surface area contributed by atoms with Crippen molar-refractivity contribution in [3.8, 4) is 5.75 Å². The van der Waals surface area contributed by atoms with Gasteiger partial charge in [-0.1, -0.05) is 25.1 Å². The SMILES string of the molecule is CCNC(c1ccccc1OC(C)C)C1COCCO1. The van der Waals surface area contributed by atoms with Crippen LogP contribution in [0.2, 0.25) is 0 Å². The van der Waals surface area contributed by atoms with Gasteiger partial charge in [-0.2, -0.15) is 0 Å². The molecule has 1 aliphatic heterocycles. The van der Waals surface area contributed by atoms with Gasteiger partial charge in [-0.15, -0.1) is 0 Å². The van der Waals surface area contributed by atoms with Crippen LogP contribution in [-0.2, 0) is 9.47 Å². The van der Waals surface area contributed by atoms with Crippen molar-refractivity contribution in [2.75, 3.05) is 26.4 Å². The molecule has 0 saturated carbocycles. The molecular formula is C16H25NO3. The molecule has 1 aromatic rings. The summed E-state index contributed by atoms with van der Waals surface area (Å²) in [5, 5.41) is 3.50. The predicted octanol–water partition coefficient (Wildman–Crippen LogP) is 2.54. The fourth-order valence-electron chi connectivity index (χ4n) is 2.46. The first-order chi connectivity index (χ1) is 9.72. The molecule has 0 aliphatic carbocycles. The van der Waals surface area contributed by atoms with E-state index >= 15 is 0 Å². The second-order valence-electron chi connectivity index (χ2n) is 5.22. The lowest BCUT2D eigenvalue weighted by Crippen LogP contribution is -2.40. The van der Waals surface area contributed by atoms with Crippen molar-refractivity contribution in [1.29, 1.82) is 0 Å². The van der Waals surface area contributed by atoms with Crippen LogP contribution in [0.5, 0.6) is 5.75 Å². The lowest BCUT2D eigenvalue weighted by molar-refractivity contribution is -0.102. The second kappa shape index (κ2) is 7.62. The van der Waals surface area contributed by atoms with E-state index in [1.165, 1.54) is 0 Å². The Labute approximate surface area is 121 Å². The Bertz CT molecular complexity index is 402. The first-order valence-corrected chi connectivity index (χ1v) is 7.40. The minimum atomic E-state index is 0.0283. The number of para-hydroxylation sites is 1. The topological polar surface area (TPSA) is 39.7 Å². The molecule has 1 aromatic carbocycles. The highest BCUT2D eigenvalue weighted by Crippen LogP contribution is 2.30. The van der Waals surface area contributed by atoms with Crippen LogP contribution >= 0.6 is 0 Å². The molecule has 1 heterocycles. The summed E-state index contributed by atoms with van der Waals surface area (Å²) in [6, 6.07) is 8.25. The van der Waals surface area contributed by atoms with Crippen LogP contribution < -0.4 is 10.1 Å². The highest BCUT2D eigenvalue weighted by molar-refractivity contribution is 5.37. The van der Waals surface area contributed by atoms with Crippen LogP contribution in [0.15, 0.2) is 24.3 Å². The summed E-state index contributed by atoms with van der Waals surface area (Å²) < 4.78 is 17.3. The van der Waals surface area contributed by atoms with E-state index in [2.05, 4.69) is 18.3 Å². The Hall–Kier alpha value is -1.10. The Kier molecular flexibility index (Phi) is 5.83. The molecule has 1 N–H and O–H groups in total. The summed E-state index contributed by atoms with van der Waals surface area (Å²) in [5.41, 5.74) is 1.14. The van der Waals surface area contributed by atoms with E-state index < -0.39 is 0 Å². The zero-order valence-corrected chi connectivity index (χ0v) is 12.6. The van der Waals surface area contributed by atoms with Gasteiger partial charge in [0.2, 0.25) is 0 Å². The van der Waals surface area contributed by atoms with Gasteiger partial charge in [0.1, 0.15) is 11.9 Å². The number of benzene rings is 1. The molecule has 1 fully saturated rings. The molecule has 1 aliphatic rings. The molecule has 112 valence electrons. The molecule has 2 atom stereocenters. The fourth-order valence-corrected chi connectivity index (χ4v) is 2.46. The first kappa shape index (κ1) is 15.3. The number of nitrogens with one attached hydrogen (secondary N) is 1. The van der Waals surface area contributed by atoms with Gasteiger partial charge in [0, 0.05) is 5.56 Å². The quantitative estimate of drug-likeness (QED) is 0.868. The van der Waals surface area contributed by atoms with Gasteiger partial charge in [0.25, 0.3) is 0 Å². The molecule has 2 rings (SSSR count). The van der Waals surface area contributed by atoms with Crippen molar-refractivity contribution in [2.24, 2.45) is 0 Å². The monoisotopic (exact) mass is 279 g/mol. The van der Waals surface area contributed by atoms with E-state index in [-0.39, 0.29) is 18.2 Å². The highest BCUT2D eigenvalue weighted by atomic mass is 16.6. The van der Waals surface area contributed by atoms with Crippen molar-refractivity contribution >= 4 is 0 Å². The summed E-state index contributed by atoms with van der Waals surface area (Å²) in [6.45, 7) is 9.01. The maximum atomic E-state index is 5.93. The van der Waals surface area contributed by atoms with Crippen LogP contribution in [-0.4, -0.2) is 38.6 Å². The lowest BCUT2D eigenvalue weighted by atomic mass is 10.00. The van der Waals surface area contributed by atoms with Gasteiger partial charge in [-0.25, -0.2) is 0 Å². The summed E-state index contributed by atoms with van der Waals surface area (Å²) in [4.78, 5) is 0. The third-order valence-corrected chi connectivity index (χ3v) is 3.25. The predicted molar refractivity (Wildman–Crippen MR) is 79.2 cm³/mol. The van der Waals surface area contributed by atoms with E-state index in [4.69, 9.17) is 14.2 Å². The molecule has 0 radical (unpaired) electrons. The molecule has 4 heteroatoms. The van der Waals surface area contributed by atoms with Gasteiger partial charge >= 0.3 is 0 Å². The molecule has 0 amide bonds. The highest BCUT2D eigenvalue weighted by Gasteiger charge is 2.28. The third-order valence-electron chi connectivity index (χ3n) is 3.25. The van der Waals surface area contributed by atoms with Crippen LogP contribution in [0.4, 0.5) is 0 Å². The Balaban J connectivity index is 2.23. The normalized spacial score (nSPS) is 20.9. The molecule has 0 spiro atoms. The maximum Gasteiger partial charge on any atom is 0.124 e. The summed E-state index contributed by atoms with van der Waals surface area (Å²) in [6.07, 6.45) is 0.183. The molecule has 2 unspecified atom stereocenters. The van der Waals surface area contributed by atoms with Crippen LogP contribution in [0, 0.1) is 0 Å². The minimum absolute atomic E-state index is 0.0283. The van der Waals surface area contributed by atoms with Crippen molar-refractivity contribution in [3.05, 3.63) is 29.8 Å². The van der Waals surface area contributed by atoms with Crippen molar-refractivity contribution in [3.63, 3.8) is 0 Å². The average molecular weight is 279 g/mol. The van der Waals surface area contributed by atoms with Gasteiger partial charge in [0.05, 0.1) is 32.0 Å². The van der Waals surface area contributed by atoms with Crippen molar-refractivity contribution < 1.29 is 14.2 Å². The van der Waals surface area contributed by atoms with E-state index in [1.807, 2.05) is 32.0 Å². The Morgan fingerprint density at radius 2 is 2.10 bits per heavy atom. The first-order valence-electron chi connectivity index (χ1n) is 7.40. The van der Waals surface area contributed by atoms with E-state index in [9.17, 15) is 0 Å². The molecule has 20 heavy (non-hydrogen) atoms. The molecule has 4 nitrogen and oxygen atoms in total. The van der Waals surface area contributed by atoms with Crippen molar-refractivity contribution in [2.45, 2.75) is 39.0 Å². The van der Waals surface area contributed by atoms with Crippen molar-refractivity contribution in [1.82, 2.24) is 5.32 Å².